The molecule has 0 fully saturated rings. The summed E-state index contributed by atoms with van der Waals surface area (Å²) in [6, 6.07) is 0. The summed E-state index contributed by atoms with van der Waals surface area (Å²) in [6.45, 7) is 9.36. The minimum Gasteiger partial charge on any atom is -0.356 e. The van der Waals surface area contributed by atoms with Crippen LogP contribution in [0.5, 0.6) is 0 Å². The van der Waals surface area contributed by atoms with E-state index < -0.39 is 0 Å². The molecule has 0 saturated heterocycles. The number of carbonyl (C=O) groups excluding carboxylic acids is 1. The summed E-state index contributed by atoms with van der Waals surface area (Å²) in [5.74, 6) is 0.375. The Hall–Kier alpha value is -1.22. The molecule has 0 aromatic heterocycles. The fraction of sp³-hybridized carbons (Fsp3) is 0.909. The number of nitrogens with one attached hydrogen (secondary N) is 1. The van der Waals surface area contributed by atoms with Gasteiger partial charge in [-0.05, 0) is 29.7 Å². The minimum absolute atomic E-state index is 0.107. The number of amides is 1. The maximum atomic E-state index is 11.1. The Bertz CT molecular complexity index is 264. The Morgan fingerprint density at radius 3 is 2.62 bits per heavy atom. The normalized spacial score (nSPS) is 12.8. The second kappa shape index (κ2) is 7.12. The molecule has 1 atom stereocenters. The quantitative estimate of drug-likeness (QED) is 0.422. The Balaban J connectivity index is 3.65. The highest BCUT2D eigenvalue weighted by atomic mass is 16.1. The van der Waals surface area contributed by atoms with Crippen LogP contribution < -0.4 is 5.32 Å². The lowest BCUT2D eigenvalue weighted by Crippen LogP contribution is -2.28. The fourth-order valence-corrected chi connectivity index (χ4v) is 1.76. The molecule has 5 nitrogen and oxygen atoms in total. The zero-order chi connectivity index (χ0) is 12.6. The van der Waals surface area contributed by atoms with E-state index in [4.69, 9.17) is 5.53 Å². The van der Waals surface area contributed by atoms with E-state index in [9.17, 15) is 4.79 Å². The third-order valence-electron chi connectivity index (χ3n) is 2.20. The van der Waals surface area contributed by atoms with Gasteiger partial charge in [0.2, 0.25) is 5.91 Å². The molecule has 1 N–H and O–H groups in total. The maximum absolute atomic E-state index is 11.1. The summed E-state index contributed by atoms with van der Waals surface area (Å²) >= 11 is 0. The van der Waals surface area contributed by atoms with Gasteiger partial charge in [0, 0.05) is 11.5 Å². The van der Waals surface area contributed by atoms with Gasteiger partial charge in [-0.2, -0.15) is 0 Å². The van der Waals surface area contributed by atoms with Gasteiger partial charge < -0.3 is 5.32 Å². The molecule has 0 aliphatic carbocycles. The van der Waals surface area contributed by atoms with Gasteiger partial charge in [-0.15, -0.1) is 0 Å². The summed E-state index contributed by atoms with van der Waals surface area (Å²) in [4.78, 5) is 13.6. The van der Waals surface area contributed by atoms with Crippen molar-refractivity contribution in [1.82, 2.24) is 5.32 Å². The molecule has 0 bridgehead atoms. The SMILES string of the molecule is CC(CCNC(=O)CN=[N+]=[N-])CC(C)(C)C. The van der Waals surface area contributed by atoms with Crippen LogP contribution in [-0.4, -0.2) is 19.0 Å². The van der Waals surface area contributed by atoms with E-state index in [1.807, 2.05) is 0 Å². The summed E-state index contributed by atoms with van der Waals surface area (Å²) in [7, 11) is 0. The minimum atomic E-state index is -0.208. The number of hydrogen-bond donors (Lipinski definition) is 1. The number of hydrogen-bond acceptors (Lipinski definition) is 2. The van der Waals surface area contributed by atoms with E-state index in [1.54, 1.807) is 0 Å². The molecule has 0 spiro atoms. The topological polar surface area (TPSA) is 77.9 Å². The second-order valence-corrected chi connectivity index (χ2v) is 5.40. The maximum Gasteiger partial charge on any atom is 0.225 e. The first-order valence-electron chi connectivity index (χ1n) is 5.62. The molecule has 1 amide bonds. The first kappa shape index (κ1) is 14.8. The molecule has 0 aromatic rings. The highest BCUT2D eigenvalue weighted by Gasteiger charge is 2.14. The van der Waals surface area contributed by atoms with Crippen LogP contribution in [0.4, 0.5) is 0 Å². The summed E-state index contributed by atoms with van der Waals surface area (Å²) in [5, 5.41) is 5.93. The largest absolute Gasteiger partial charge is 0.356 e. The number of carbonyl (C=O) groups is 1. The van der Waals surface area contributed by atoms with Crippen LogP contribution in [-0.2, 0) is 4.79 Å². The molecule has 0 saturated carbocycles. The monoisotopic (exact) mass is 226 g/mol. The van der Waals surface area contributed by atoms with Crippen molar-refractivity contribution in [3.63, 3.8) is 0 Å². The molecule has 16 heavy (non-hydrogen) atoms. The molecule has 1 unspecified atom stereocenters. The molecule has 5 heteroatoms. The average Bonchev–Trinajstić information content (AvgIpc) is 2.11. The molecule has 0 heterocycles. The van der Waals surface area contributed by atoms with Gasteiger partial charge in [0.25, 0.3) is 0 Å². The Morgan fingerprint density at radius 2 is 2.12 bits per heavy atom. The number of rotatable bonds is 6. The van der Waals surface area contributed by atoms with Crippen LogP contribution in [0.2, 0.25) is 0 Å². The van der Waals surface area contributed by atoms with Crippen molar-refractivity contribution in [2.75, 3.05) is 13.1 Å². The van der Waals surface area contributed by atoms with Gasteiger partial charge in [0.15, 0.2) is 0 Å². The van der Waals surface area contributed by atoms with Crippen molar-refractivity contribution in [2.45, 2.75) is 40.5 Å². The van der Waals surface area contributed by atoms with E-state index in [0.717, 1.165) is 12.8 Å². The first-order chi connectivity index (χ1) is 7.35. The summed E-state index contributed by atoms with van der Waals surface area (Å²) in [6.07, 6.45) is 2.10. The predicted octanol–water partition coefficient (Wildman–Crippen LogP) is 2.88. The second-order valence-electron chi connectivity index (χ2n) is 5.40. The standard InChI is InChI=1S/C11H22N4O/c1-9(7-11(2,3)4)5-6-13-10(16)8-14-15-12/h9H,5-8H2,1-4H3,(H,13,16). The van der Waals surface area contributed by atoms with Gasteiger partial charge in [0.05, 0.1) is 0 Å². The van der Waals surface area contributed by atoms with Crippen LogP contribution in [0, 0.1) is 11.3 Å². The van der Waals surface area contributed by atoms with Crippen molar-refractivity contribution in [3.05, 3.63) is 10.4 Å². The van der Waals surface area contributed by atoms with Crippen LogP contribution in [0.1, 0.15) is 40.5 Å². The molecule has 0 radical (unpaired) electrons. The summed E-state index contributed by atoms with van der Waals surface area (Å²) < 4.78 is 0. The predicted molar refractivity (Wildman–Crippen MR) is 64.9 cm³/mol. The Kier molecular flexibility index (Phi) is 6.58. The molecule has 0 rings (SSSR count). The Morgan fingerprint density at radius 1 is 1.50 bits per heavy atom. The van der Waals surface area contributed by atoms with Gasteiger partial charge in [-0.3, -0.25) is 4.79 Å². The van der Waals surface area contributed by atoms with Gasteiger partial charge >= 0.3 is 0 Å². The van der Waals surface area contributed by atoms with Gasteiger partial charge in [0.1, 0.15) is 6.54 Å². The zero-order valence-electron chi connectivity index (χ0n) is 10.7. The molecular formula is C11H22N4O. The van der Waals surface area contributed by atoms with Crippen molar-refractivity contribution >= 4 is 5.91 Å². The average molecular weight is 226 g/mol. The highest BCUT2D eigenvalue weighted by molar-refractivity contribution is 5.78. The van der Waals surface area contributed by atoms with Crippen LogP contribution in [0.3, 0.4) is 0 Å². The van der Waals surface area contributed by atoms with Gasteiger partial charge in [-0.1, -0.05) is 32.8 Å². The third-order valence-corrected chi connectivity index (χ3v) is 2.20. The smallest absolute Gasteiger partial charge is 0.225 e. The van der Waals surface area contributed by atoms with E-state index in [-0.39, 0.29) is 12.5 Å². The van der Waals surface area contributed by atoms with Crippen LogP contribution in [0.15, 0.2) is 5.11 Å². The third kappa shape index (κ3) is 9.34. The van der Waals surface area contributed by atoms with Crippen LogP contribution in [0.25, 0.3) is 10.4 Å². The molecule has 0 aromatic carbocycles. The number of nitrogens with zero attached hydrogens (tertiary/aromatic N) is 3. The van der Waals surface area contributed by atoms with E-state index in [1.165, 1.54) is 0 Å². The van der Waals surface area contributed by atoms with Crippen molar-refractivity contribution in [2.24, 2.45) is 16.4 Å². The number of azide groups is 1. The Labute approximate surface area is 97.2 Å². The lowest BCUT2D eigenvalue weighted by molar-refractivity contribution is -0.119. The molecule has 0 aliphatic heterocycles. The highest BCUT2D eigenvalue weighted by Crippen LogP contribution is 2.25. The summed E-state index contributed by atoms with van der Waals surface area (Å²) in [5.41, 5.74) is 8.36. The van der Waals surface area contributed by atoms with E-state index >= 15 is 0 Å². The first-order valence-corrected chi connectivity index (χ1v) is 5.62. The molecule has 92 valence electrons. The van der Waals surface area contributed by atoms with Crippen molar-refractivity contribution in [3.8, 4) is 0 Å². The zero-order valence-corrected chi connectivity index (χ0v) is 10.7. The molecule has 0 aliphatic rings. The van der Waals surface area contributed by atoms with Crippen LogP contribution >= 0.6 is 0 Å². The van der Waals surface area contributed by atoms with Crippen molar-refractivity contribution in [1.29, 1.82) is 0 Å². The molecular weight excluding hydrogens is 204 g/mol. The van der Waals surface area contributed by atoms with Gasteiger partial charge in [-0.25, -0.2) is 0 Å². The lowest BCUT2D eigenvalue weighted by atomic mass is 9.84. The lowest BCUT2D eigenvalue weighted by Gasteiger charge is -2.23. The van der Waals surface area contributed by atoms with E-state index in [2.05, 4.69) is 43.0 Å². The van der Waals surface area contributed by atoms with Crippen molar-refractivity contribution < 1.29 is 4.79 Å². The van der Waals surface area contributed by atoms with E-state index in [0.29, 0.717) is 17.9 Å². The fourth-order valence-electron chi connectivity index (χ4n) is 1.76.